The first-order chi connectivity index (χ1) is 7.30. The van der Waals surface area contributed by atoms with Crippen molar-refractivity contribution in [2.45, 2.75) is 6.18 Å². The fraction of sp³-hybridized carbons (Fsp3) is 0.100. The molecule has 84 valence electrons. The lowest BCUT2D eigenvalue weighted by Crippen LogP contribution is -2.06. The number of halogens is 4. The molecule has 0 aliphatic rings. The number of hydrogen-bond acceptors (Lipinski definition) is 1. The molecule has 0 fully saturated rings. The molecule has 0 atom stereocenters. The maximum absolute atomic E-state index is 12.4. The summed E-state index contributed by atoms with van der Waals surface area (Å²) in [6.07, 6.45) is -4.50. The summed E-state index contributed by atoms with van der Waals surface area (Å²) in [5.41, 5.74) is -0.886. The summed E-state index contributed by atoms with van der Waals surface area (Å²) in [4.78, 5) is 10.1. The zero-order valence-electron chi connectivity index (χ0n) is 7.60. The first kappa shape index (κ1) is 12.6. The molecule has 2 nitrogen and oxygen atoms in total. The molecule has 0 bridgehead atoms. The summed E-state index contributed by atoms with van der Waals surface area (Å²) in [5, 5.41) is 8.25. The van der Waals surface area contributed by atoms with E-state index in [-0.39, 0.29) is 10.0 Å². The minimum Gasteiger partial charge on any atom is -0.472 e. The number of hydrogen-bond donors (Lipinski definition) is 1. The first-order valence-corrected chi connectivity index (χ1v) is 4.71. The zero-order valence-corrected chi connectivity index (χ0v) is 9.19. The topological polar surface area (TPSA) is 37.3 Å². The van der Waals surface area contributed by atoms with Gasteiger partial charge in [0.25, 0.3) is 0 Å². The van der Waals surface area contributed by atoms with Gasteiger partial charge in [0.1, 0.15) is 0 Å². The van der Waals surface area contributed by atoms with E-state index in [4.69, 9.17) is 5.11 Å². The third kappa shape index (κ3) is 3.28. The standard InChI is InChI=1S/C10H4BrF3O2/c11-8-3-1-6(2-4-9(15)16)5-7(8)10(12,13)14/h1,3,5H,(H,15,16). The van der Waals surface area contributed by atoms with Crippen LogP contribution in [0, 0.1) is 11.8 Å². The molecule has 0 amide bonds. The van der Waals surface area contributed by atoms with Crippen LogP contribution in [0.3, 0.4) is 0 Å². The highest BCUT2D eigenvalue weighted by Crippen LogP contribution is 2.35. The van der Waals surface area contributed by atoms with Gasteiger partial charge in [-0.3, -0.25) is 0 Å². The lowest BCUT2D eigenvalue weighted by molar-refractivity contribution is -0.138. The van der Waals surface area contributed by atoms with Gasteiger partial charge in [-0.1, -0.05) is 21.9 Å². The normalized spacial score (nSPS) is 10.5. The van der Waals surface area contributed by atoms with Crippen LogP contribution >= 0.6 is 15.9 Å². The average Bonchev–Trinajstić information content (AvgIpc) is 2.14. The van der Waals surface area contributed by atoms with E-state index in [2.05, 4.69) is 21.9 Å². The van der Waals surface area contributed by atoms with Gasteiger partial charge in [0.2, 0.25) is 0 Å². The van der Waals surface area contributed by atoms with E-state index in [0.717, 1.165) is 6.07 Å². The SMILES string of the molecule is O=C(O)C#Cc1ccc(Br)c(C(F)(F)F)c1. The van der Waals surface area contributed by atoms with Crippen LogP contribution in [0.1, 0.15) is 11.1 Å². The fourth-order valence-electron chi connectivity index (χ4n) is 0.946. The predicted molar refractivity (Wildman–Crippen MR) is 53.7 cm³/mol. The molecule has 1 aromatic carbocycles. The van der Waals surface area contributed by atoms with Gasteiger partial charge < -0.3 is 5.11 Å². The summed E-state index contributed by atoms with van der Waals surface area (Å²) in [7, 11) is 0. The van der Waals surface area contributed by atoms with Gasteiger partial charge in [-0.15, -0.1) is 0 Å². The van der Waals surface area contributed by atoms with Gasteiger partial charge in [-0.2, -0.15) is 13.2 Å². The molecule has 0 aliphatic heterocycles. The summed E-state index contributed by atoms with van der Waals surface area (Å²) >= 11 is 2.76. The first-order valence-electron chi connectivity index (χ1n) is 3.92. The smallest absolute Gasteiger partial charge is 0.417 e. The van der Waals surface area contributed by atoms with Crippen molar-refractivity contribution in [2.24, 2.45) is 0 Å². The number of benzene rings is 1. The van der Waals surface area contributed by atoms with Crippen molar-refractivity contribution in [2.75, 3.05) is 0 Å². The summed E-state index contributed by atoms with van der Waals surface area (Å²) < 4.78 is 37.2. The Hall–Kier alpha value is -1.48. The molecule has 0 saturated heterocycles. The van der Waals surface area contributed by atoms with E-state index in [1.807, 2.05) is 0 Å². The minimum atomic E-state index is -4.50. The monoisotopic (exact) mass is 292 g/mol. The van der Waals surface area contributed by atoms with Crippen LogP contribution in [0.2, 0.25) is 0 Å². The lowest BCUT2D eigenvalue weighted by atomic mass is 10.1. The van der Waals surface area contributed by atoms with Crippen LogP contribution in [-0.4, -0.2) is 11.1 Å². The van der Waals surface area contributed by atoms with Gasteiger partial charge >= 0.3 is 12.1 Å². The highest BCUT2D eigenvalue weighted by Gasteiger charge is 2.32. The molecule has 1 rings (SSSR count). The largest absolute Gasteiger partial charge is 0.472 e. The van der Waals surface area contributed by atoms with Crippen LogP contribution in [-0.2, 0) is 11.0 Å². The van der Waals surface area contributed by atoms with Crippen molar-refractivity contribution in [1.29, 1.82) is 0 Å². The molecule has 16 heavy (non-hydrogen) atoms. The molecule has 0 aromatic heterocycles. The van der Waals surface area contributed by atoms with Crippen molar-refractivity contribution in [3.63, 3.8) is 0 Å². The average molecular weight is 293 g/mol. The number of aliphatic carboxylic acids is 1. The van der Waals surface area contributed by atoms with E-state index in [0.29, 0.717) is 0 Å². The predicted octanol–water partition coefficient (Wildman–Crippen LogP) is 2.90. The third-order valence-electron chi connectivity index (χ3n) is 1.59. The van der Waals surface area contributed by atoms with Crippen molar-refractivity contribution < 1.29 is 23.1 Å². The second kappa shape index (κ2) is 4.58. The summed E-state index contributed by atoms with van der Waals surface area (Å²) in [6, 6.07) is 3.27. The van der Waals surface area contributed by atoms with Crippen LogP contribution in [0.15, 0.2) is 22.7 Å². The second-order valence-electron chi connectivity index (χ2n) is 2.75. The maximum atomic E-state index is 12.4. The number of carboxylic acid groups (broad SMARTS) is 1. The molecule has 1 aromatic rings. The van der Waals surface area contributed by atoms with E-state index in [1.54, 1.807) is 5.92 Å². The highest BCUT2D eigenvalue weighted by molar-refractivity contribution is 9.10. The van der Waals surface area contributed by atoms with Crippen LogP contribution in [0.5, 0.6) is 0 Å². The van der Waals surface area contributed by atoms with E-state index >= 15 is 0 Å². The molecular weight excluding hydrogens is 289 g/mol. The van der Waals surface area contributed by atoms with Crippen molar-refractivity contribution >= 4 is 21.9 Å². The molecule has 6 heteroatoms. The van der Waals surface area contributed by atoms with Crippen molar-refractivity contribution in [3.8, 4) is 11.8 Å². The number of carboxylic acids is 1. The van der Waals surface area contributed by atoms with Crippen LogP contribution in [0.4, 0.5) is 13.2 Å². The number of alkyl halides is 3. The van der Waals surface area contributed by atoms with Crippen LogP contribution in [0.25, 0.3) is 0 Å². The number of rotatable bonds is 0. The van der Waals surface area contributed by atoms with E-state index in [1.165, 1.54) is 12.1 Å². The van der Waals surface area contributed by atoms with Gasteiger partial charge in [0.15, 0.2) is 0 Å². The van der Waals surface area contributed by atoms with Gasteiger partial charge in [-0.25, -0.2) is 4.79 Å². The molecule has 0 aliphatic carbocycles. The molecule has 0 unspecified atom stereocenters. The Morgan fingerprint density at radius 2 is 2.00 bits per heavy atom. The summed E-state index contributed by atoms with van der Waals surface area (Å²) in [6.45, 7) is 0. The lowest BCUT2D eigenvalue weighted by Gasteiger charge is -2.08. The fourth-order valence-corrected chi connectivity index (χ4v) is 1.42. The second-order valence-corrected chi connectivity index (χ2v) is 3.60. The molecular formula is C10H4BrF3O2. The van der Waals surface area contributed by atoms with Gasteiger partial charge in [0, 0.05) is 16.0 Å². The van der Waals surface area contributed by atoms with Gasteiger partial charge in [0.05, 0.1) is 5.56 Å². The third-order valence-corrected chi connectivity index (χ3v) is 2.28. The maximum Gasteiger partial charge on any atom is 0.417 e. The molecule has 0 saturated carbocycles. The van der Waals surface area contributed by atoms with Gasteiger partial charge in [-0.05, 0) is 18.2 Å². The number of carbonyl (C=O) groups is 1. The molecule has 0 radical (unpaired) electrons. The minimum absolute atomic E-state index is 0.00192. The molecule has 0 spiro atoms. The van der Waals surface area contributed by atoms with Crippen molar-refractivity contribution in [3.05, 3.63) is 33.8 Å². The van der Waals surface area contributed by atoms with Crippen molar-refractivity contribution in [1.82, 2.24) is 0 Å². The Labute approximate surface area is 97.2 Å². The Morgan fingerprint density at radius 3 is 2.50 bits per heavy atom. The molecule has 1 N–H and O–H groups in total. The molecule has 0 heterocycles. The Morgan fingerprint density at radius 1 is 1.38 bits per heavy atom. The van der Waals surface area contributed by atoms with E-state index < -0.39 is 17.7 Å². The Kier molecular flexibility index (Phi) is 3.60. The zero-order chi connectivity index (χ0) is 12.3. The Balaban J connectivity index is 3.20. The summed E-state index contributed by atoms with van der Waals surface area (Å²) in [5.74, 6) is 2.47. The highest BCUT2D eigenvalue weighted by atomic mass is 79.9. The Bertz CT molecular complexity index is 483. The quantitative estimate of drug-likeness (QED) is 0.747. The van der Waals surface area contributed by atoms with Crippen LogP contribution < -0.4 is 0 Å². The van der Waals surface area contributed by atoms with E-state index in [9.17, 15) is 18.0 Å².